The van der Waals surface area contributed by atoms with Gasteiger partial charge in [0.2, 0.25) is 5.91 Å². The molecule has 2 aromatic heterocycles. The summed E-state index contributed by atoms with van der Waals surface area (Å²) in [5.41, 5.74) is 2.08. The van der Waals surface area contributed by atoms with Gasteiger partial charge in [0, 0.05) is 24.0 Å². The van der Waals surface area contributed by atoms with E-state index in [9.17, 15) is 9.18 Å². The fourth-order valence-electron chi connectivity index (χ4n) is 2.74. The van der Waals surface area contributed by atoms with Gasteiger partial charge in [0.05, 0.1) is 22.6 Å². The van der Waals surface area contributed by atoms with Crippen molar-refractivity contribution in [2.24, 2.45) is 0 Å². The van der Waals surface area contributed by atoms with Crippen LogP contribution < -0.4 is 5.32 Å². The molecule has 0 saturated carbocycles. The fraction of sp³-hybridized carbons (Fsp3) is 0.0500. The number of rotatable bonds is 5. The molecule has 2 aromatic carbocycles. The molecular formula is C20H15FN4OS. The van der Waals surface area contributed by atoms with Gasteiger partial charge in [0.1, 0.15) is 5.82 Å². The van der Waals surface area contributed by atoms with Crippen LogP contribution in [0.1, 0.15) is 0 Å². The molecular weight excluding hydrogens is 363 g/mol. The summed E-state index contributed by atoms with van der Waals surface area (Å²) in [7, 11) is 0. The number of carbonyl (C=O) groups is 1. The summed E-state index contributed by atoms with van der Waals surface area (Å²) in [6, 6.07) is 15.7. The van der Waals surface area contributed by atoms with Crippen LogP contribution in [-0.4, -0.2) is 26.2 Å². The molecule has 134 valence electrons. The minimum absolute atomic E-state index is 0.160. The number of aromatic nitrogens is 3. The molecule has 0 aliphatic heterocycles. The third-order valence-electron chi connectivity index (χ3n) is 3.93. The van der Waals surface area contributed by atoms with E-state index in [2.05, 4.69) is 15.3 Å². The molecule has 0 fully saturated rings. The van der Waals surface area contributed by atoms with Crippen molar-refractivity contribution < 1.29 is 9.18 Å². The number of amides is 1. The second-order valence-electron chi connectivity index (χ2n) is 5.78. The van der Waals surface area contributed by atoms with E-state index in [1.54, 1.807) is 35.3 Å². The first-order valence-electron chi connectivity index (χ1n) is 8.26. The lowest BCUT2D eigenvalue weighted by molar-refractivity contribution is -0.113. The Morgan fingerprint density at radius 3 is 2.81 bits per heavy atom. The van der Waals surface area contributed by atoms with Crippen LogP contribution in [0.4, 0.5) is 10.1 Å². The average Bonchev–Trinajstić information content (AvgIpc) is 3.15. The highest BCUT2D eigenvalue weighted by molar-refractivity contribution is 7.99. The van der Waals surface area contributed by atoms with Gasteiger partial charge in [-0.2, -0.15) is 0 Å². The molecule has 0 aliphatic carbocycles. The summed E-state index contributed by atoms with van der Waals surface area (Å²) in [5.74, 6) is -0.305. The Morgan fingerprint density at radius 1 is 1.07 bits per heavy atom. The third kappa shape index (κ3) is 3.83. The van der Waals surface area contributed by atoms with E-state index in [0.29, 0.717) is 16.5 Å². The summed E-state index contributed by atoms with van der Waals surface area (Å²) in [5, 5.41) is 4.48. The molecule has 0 atom stereocenters. The second kappa shape index (κ2) is 7.59. The second-order valence-corrected chi connectivity index (χ2v) is 6.72. The molecule has 0 saturated heterocycles. The van der Waals surface area contributed by atoms with Crippen LogP contribution in [0.3, 0.4) is 0 Å². The van der Waals surface area contributed by atoms with E-state index in [1.165, 1.54) is 23.9 Å². The maximum Gasteiger partial charge on any atom is 0.234 e. The smallest absolute Gasteiger partial charge is 0.234 e. The van der Waals surface area contributed by atoms with Gasteiger partial charge in [-0.05, 0) is 30.3 Å². The van der Waals surface area contributed by atoms with Gasteiger partial charge in [-0.1, -0.05) is 36.0 Å². The lowest BCUT2D eigenvalue weighted by atomic mass is 10.2. The van der Waals surface area contributed by atoms with Crippen molar-refractivity contribution >= 4 is 34.3 Å². The number of anilines is 1. The highest BCUT2D eigenvalue weighted by Gasteiger charge is 2.11. The monoisotopic (exact) mass is 378 g/mol. The highest BCUT2D eigenvalue weighted by Crippen LogP contribution is 2.23. The van der Waals surface area contributed by atoms with Crippen molar-refractivity contribution in [2.45, 2.75) is 5.16 Å². The van der Waals surface area contributed by atoms with Gasteiger partial charge in [0.25, 0.3) is 0 Å². The minimum atomic E-state index is -0.321. The van der Waals surface area contributed by atoms with Gasteiger partial charge in [-0.15, -0.1) is 0 Å². The molecule has 2 heterocycles. The van der Waals surface area contributed by atoms with Crippen LogP contribution in [0, 0.1) is 5.82 Å². The van der Waals surface area contributed by atoms with Crippen LogP contribution in [0.25, 0.3) is 16.6 Å². The zero-order valence-corrected chi connectivity index (χ0v) is 15.0. The summed E-state index contributed by atoms with van der Waals surface area (Å²) < 4.78 is 15.2. The van der Waals surface area contributed by atoms with Crippen LogP contribution in [0.15, 0.2) is 78.3 Å². The van der Waals surface area contributed by atoms with E-state index in [0.717, 1.165) is 10.9 Å². The quantitative estimate of drug-likeness (QED) is 0.526. The zero-order chi connectivity index (χ0) is 18.6. The summed E-state index contributed by atoms with van der Waals surface area (Å²) in [4.78, 5) is 21.0. The van der Waals surface area contributed by atoms with Gasteiger partial charge in [-0.25, -0.2) is 9.37 Å². The molecule has 0 unspecified atom stereocenters. The Morgan fingerprint density at radius 2 is 1.93 bits per heavy atom. The van der Waals surface area contributed by atoms with E-state index < -0.39 is 0 Å². The predicted octanol–water partition coefficient (Wildman–Crippen LogP) is 4.29. The number of imidazole rings is 1. The van der Waals surface area contributed by atoms with Gasteiger partial charge in [0.15, 0.2) is 5.16 Å². The van der Waals surface area contributed by atoms with E-state index >= 15 is 0 Å². The molecule has 0 radical (unpaired) electrons. The number of hydrogen-bond donors (Lipinski definition) is 1. The normalized spacial score (nSPS) is 10.9. The minimum Gasteiger partial charge on any atom is -0.323 e. The lowest BCUT2D eigenvalue weighted by Gasteiger charge is -2.09. The molecule has 4 rings (SSSR count). The molecule has 5 nitrogen and oxygen atoms in total. The van der Waals surface area contributed by atoms with Crippen molar-refractivity contribution in [1.29, 1.82) is 0 Å². The van der Waals surface area contributed by atoms with Crippen LogP contribution >= 0.6 is 11.8 Å². The number of thioether (sulfide) groups is 1. The Kier molecular flexibility index (Phi) is 4.84. The molecule has 1 N–H and O–H groups in total. The highest BCUT2D eigenvalue weighted by atomic mass is 32.2. The Hall–Kier alpha value is -3.19. The molecule has 0 spiro atoms. The Labute approximate surface area is 159 Å². The van der Waals surface area contributed by atoms with Crippen molar-refractivity contribution in [1.82, 2.24) is 14.5 Å². The van der Waals surface area contributed by atoms with Gasteiger partial charge < -0.3 is 5.32 Å². The van der Waals surface area contributed by atoms with Crippen LogP contribution in [0.2, 0.25) is 0 Å². The molecule has 0 aliphatic rings. The average molecular weight is 378 g/mol. The number of fused-ring (bicyclic) bond motifs is 1. The number of halogens is 1. The Bertz CT molecular complexity index is 1110. The first-order chi connectivity index (χ1) is 13.2. The number of benzene rings is 2. The molecule has 4 aromatic rings. The summed E-state index contributed by atoms with van der Waals surface area (Å²) in [6.45, 7) is 0. The van der Waals surface area contributed by atoms with Crippen molar-refractivity contribution in [3.8, 4) is 5.69 Å². The van der Waals surface area contributed by atoms with Gasteiger partial charge in [-0.3, -0.25) is 14.3 Å². The van der Waals surface area contributed by atoms with Crippen LogP contribution in [0.5, 0.6) is 0 Å². The maximum absolute atomic E-state index is 13.5. The van der Waals surface area contributed by atoms with Gasteiger partial charge >= 0.3 is 0 Å². The molecule has 7 heteroatoms. The molecule has 1 amide bonds. The summed E-state index contributed by atoms with van der Waals surface area (Å²) in [6.07, 6.45) is 5.06. The molecule has 27 heavy (non-hydrogen) atoms. The van der Waals surface area contributed by atoms with Crippen molar-refractivity contribution in [2.75, 3.05) is 11.1 Å². The first-order valence-corrected chi connectivity index (χ1v) is 9.25. The zero-order valence-electron chi connectivity index (χ0n) is 14.2. The number of nitrogens with zero attached hydrogens (tertiary/aromatic N) is 3. The first kappa shape index (κ1) is 17.2. The van der Waals surface area contributed by atoms with E-state index in [-0.39, 0.29) is 17.5 Å². The van der Waals surface area contributed by atoms with Crippen molar-refractivity contribution in [3.05, 3.63) is 79.0 Å². The topological polar surface area (TPSA) is 59.8 Å². The number of carbonyl (C=O) groups excluding carboxylic acids is 1. The standard InChI is InChI=1S/C20H15FN4OS/c21-15-6-2-7-16(12-15)25-11-10-23-20(25)27-13-18(26)24-17-8-1-4-14-5-3-9-22-19(14)17/h1-12H,13H2,(H,24,26). The lowest BCUT2D eigenvalue weighted by Crippen LogP contribution is -2.15. The fourth-order valence-corrected chi connectivity index (χ4v) is 3.51. The largest absolute Gasteiger partial charge is 0.323 e. The number of pyridine rings is 1. The number of hydrogen-bond acceptors (Lipinski definition) is 4. The predicted molar refractivity (Wildman–Crippen MR) is 105 cm³/mol. The SMILES string of the molecule is O=C(CSc1nccn1-c1cccc(F)c1)Nc1cccc2cccnc12. The van der Waals surface area contributed by atoms with E-state index in [4.69, 9.17) is 0 Å². The maximum atomic E-state index is 13.5. The Balaban J connectivity index is 1.47. The molecule has 0 bridgehead atoms. The number of para-hydroxylation sites is 1. The third-order valence-corrected chi connectivity index (χ3v) is 4.90. The number of nitrogens with one attached hydrogen (secondary N) is 1. The van der Waals surface area contributed by atoms with Crippen LogP contribution in [-0.2, 0) is 4.79 Å². The van der Waals surface area contributed by atoms with E-state index in [1.807, 2.05) is 30.3 Å². The van der Waals surface area contributed by atoms with Crippen molar-refractivity contribution in [3.63, 3.8) is 0 Å². The summed E-state index contributed by atoms with van der Waals surface area (Å²) >= 11 is 1.28.